The Labute approximate surface area is 250 Å². The van der Waals surface area contributed by atoms with Gasteiger partial charge in [-0.05, 0) is 55.9 Å². The van der Waals surface area contributed by atoms with Crippen LogP contribution in [0.2, 0.25) is 0 Å². The van der Waals surface area contributed by atoms with Crippen LogP contribution in [0.4, 0.5) is 24.0 Å². The van der Waals surface area contributed by atoms with Crippen LogP contribution in [0.5, 0.6) is 0 Å². The maximum atomic E-state index is 14.3. The predicted molar refractivity (Wildman–Crippen MR) is 167 cm³/mol. The number of aliphatic carboxylic acids is 1. The van der Waals surface area contributed by atoms with Crippen LogP contribution in [0.1, 0.15) is 57.1 Å². The van der Waals surface area contributed by atoms with Gasteiger partial charge in [-0.3, -0.25) is 4.79 Å². The Hall–Kier alpha value is -3.85. The van der Waals surface area contributed by atoms with Gasteiger partial charge in [0.2, 0.25) is 0 Å². The number of aryl methyl sites for hydroxylation is 1. The Kier molecular flexibility index (Phi) is 13.4. The van der Waals surface area contributed by atoms with Crippen LogP contribution in [0.15, 0.2) is 83.8 Å². The highest BCUT2D eigenvalue weighted by atomic mass is 32.1. The number of carboxylic acids is 1. The molecule has 0 aliphatic carbocycles. The Bertz CT molecular complexity index is 1370. The van der Waals surface area contributed by atoms with E-state index in [0.29, 0.717) is 17.8 Å². The van der Waals surface area contributed by atoms with Crippen molar-refractivity contribution in [3.8, 4) is 11.3 Å². The third-order valence-corrected chi connectivity index (χ3v) is 7.49. The molecule has 1 heterocycles. The van der Waals surface area contributed by atoms with Gasteiger partial charge in [-0.25, -0.2) is 18.2 Å². The zero-order valence-electron chi connectivity index (χ0n) is 24.0. The number of anilines is 2. The first-order chi connectivity index (χ1) is 20.3. The number of alkyl halides is 2. The highest BCUT2D eigenvalue weighted by molar-refractivity contribution is 7.14. The number of nitrogens with one attached hydrogen (secondary N) is 1. The average Bonchev–Trinajstić information content (AvgIpc) is 3.47. The lowest BCUT2D eigenvalue weighted by Gasteiger charge is -2.18. The van der Waals surface area contributed by atoms with Crippen molar-refractivity contribution >= 4 is 28.1 Å². The van der Waals surface area contributed by atoms with Gasteiger partial charge in [0.1, 0.15) is 5.82 Å². The second-order valence-corrected chi connectivity index (χ2v) is 10.5. The topological polar surface area (TPSA) is 65.5 Å². The number of hydrogen-bond acceptors (Lipinski definition) is 5. The first kappa shape index (κ1) is 32.7. The van der Waals surface area contributed by atoms with Gasteiger partial charge < -0.3 is 15.3 Å². The lowest BCUT2D eigenvalue weighted by Crippen LogP contribution is -2.23. The van der Waals surface area contributed by atoms with E-state index < -0.39 is 18.2 Å². The molecular weight excluding hydrogens is 559 g/mol. The van der Waals surface area contributed by atoms with Crippen LogP contribution in [0.25, 0.3) is 11.3 Å². The van der Waals surface area contributed by atoms with Gasteiger partial charge in [0.25, 0.3) is 6.43 Å². The minimum Gasteiger partial charge on any atom is -0.481 e. The molecule has 2 N–H and O–H groups in total. The molecule has 9 heteroatoms. The lowest BCUT2D eigenvalue weighted by molar-refractivity contribution is -0.136. The third kappa shape index (κ3) is 10.5. The summed E-state index contributed by atoms with van der Waals surface area (Å²) in [4.78, 5) is 17.7. The molecule has 0 atom stereocenters. The highest BCUT2D eigenvalue weighted by Gasteiger charge is 2.12. The summed E-state index contributed by atoms with van der Waals surface area (Å²) in [6, 6.07) is 11.1. The van der Waals surface area contributed by atoms with Gasteiger partial charge in [-0.2, -0.15) is 0 Å². The lowest BCUT2D eigenvalue weighted by atomic mass is 10.1. The Morgan fingerprint density at radius 3 is 2.57 bits per heavy atom. The van der Waals surface area contributed by atoms with Crippen LogP contribution in [0.3, 0.4) is 0 Å². The number of hydrogen-bond donors (Lipinski definition) is 2. The molecule has 0 fully saturated rings. The maximum Gasteiger partial charge on any atom is 0.303 e. The molecule has 0 saturated carbocycles. The molecule has 2 aromatic carbocycles. The van der Waals surface area contributed by atoms with Gasteiger partial charge in [0.15, 0.2) is 5.13 Å². The summed E-state index contributed by atoms with van der Waals surface area (Å²) >= 11 is 1.55. The summed E-state index contributed by atoms with van der Waals surface area (Å²) in [7, 11) is 0. The predicted octanol–water partition coefficient (Wildman–Crippen LogP) is 9.07. The summed E-state index contributed by atoms with van der Waals surface area (Å²) in [5, 5.41) is 14.9. The third-order valence-electron chi connectivity index (χ3n) is 6.59. The monoisotopic (exact) mass is 597 g/mol. The van der Waals surface area contributed by atoms with Gasteiger partial charge in [-0.1, -0.05) is 67.6 Å². The van der Waals surface area contributed by atoms with Crippen LogP contribution < -0.4 is 10.2 Å². The molecule has 0 bridgehead atoms. The molecule has 0 unspecified atom stereocenters. The first-order valence-electron chi connectivity index (χ1n) is 14.2. The van der Waals surface area contributed by atoms with E-state index in [4.69, 9.17) is 10.1 Å². The standard InChI is InChI=1S/C33H38F3N3O2S/c1-3-5-9-24(19-20-37-28-17-15-25(29(34)22-28)16-18-31(40)41)10-7-6-8-21-39(4-2)33-38-30(23-42-33)26-11-13-27(14-12-26)32(35)36/h5-7,9-15,17,22-23,32,37H,3-4,8,16,18-21H2,1-2H3,(H,40,41)/b7-6+,9-5-,24-10+. The highest BCUT2D eigenvalue weighted by Crippen LogP contribution is 2.29. The maximum absolute atomic E-state index is 14.3. The Balaban J connectivity index is 1.51. The van der Waals surface area contributed by atoms with E-state index in [1.807, 2.05) is 5.38 Å². The largest absolute Gasteiger partial charge is 0.481 e. The van der Waals surface area contributed by atoms with Crippen molar-refractivity contribution in [2.75, 3.05) is 29.9 Å². The van der Waals surface area contributed by atoms with Gasteiger partial charge >= 0.3 is 5.97 Å². The zero-order chi connectivity index (χ0) is 30.3. The van der Waals surface area contributed by atoms with E-state index in [9.17, 15) is 18.0 Å². The van der Waals surface area contributed by atoms with E-state index >= 15 is 0 Å². The molecule has 3 aromatic rings. The molecule has 0 aliphatic rings. The molecule has 0 saturated heterocycles. The summed E-state index contributed by atoms with van der Waals surface area (Å²) in [5.41, 5.74) is 3.82. The van der Waals surface area contributed by atoms with Crippen molar-refractivity contribution in [1.82, 2.24) is 4.98 Å². The summed E-state index contributed by atoms with van der Waals surface area (Å²) in [6.07, 6.45) is 10.6. The molecule has 0 aliphatic heterocycles. The number of thiazole rings is 1. The zero-order valence-corrected chi connectivity index (χ0v) is 24.8. The van der Waals surface area contributed by atoms with Crippen molar-refractivity contribution in [1.29, 1.82) is 0 Å². The van der Waals surface area contributed by atoms with Crippen LogP contribution >= 0.6 is 11.3 Å². The number of aromatic nitrogens is 1. The van der Waals surface area contributed by atoms with Gasteiger partial charge in [0.05, 0.1) is 5.69 Å². The minimum absolute atomic E-state index is 0.00578. The van der Waals surface area contributed by atoms with Crippen LogP contribution in [0, 0.1) is 5.82 Å². The molecule has 5 nitrogen and oxygen atoms in total. The summed E-state index contributed by atoms with van der Waals surface area (Å²) in [6.45, 7) is 6.39. The number of carbonyl (C=O) groups is 1. The molecule has 1 aromatic heterocycles. The minimum atomic E-state index is -2.48. The normalized spacial score (nSPS) is 12.1. The number of benzene rings is 2. The van der Waals surface area contributed by atoms with Gasteiger partial charge in [0, 0.05) is 48.2 Å². The van der Waals surface area contributed by atoms with Crippen molar-refractivity contribution < 1.29 is 23.1 Å². The van der Waals surface area contributed by atoms with E-state index in [0.717, 1.165) is 54.3 Å². The van der Waals surface area contributed by atoms with E-state index in [-0.39, 0.29) is 18.4 Å². The molecule has 42 heavy (non-hydrogen) atoms. The van der Waals surface area contributed by atoms with Crippen molar-refractivity contribution in [2.24, 2.45) is 0 Å². The smallest absolute Gasteiger partial charge is 0.303 e. The second kappa shape index (κ2) is 17.2. The Morgan fingerprint density at radius 2 is 1.90 bits per heavy atom. The number of halogens is 3. The van der Waals surface area contributed by atoms with Crippen molar-refractivity contribution in [3.05, 3.63) is 101 Å². The number of carboxylic acid groups (broad SMARTS) is 1. The second-order valence-electron chi connectivity index (χ2n) is 9.66. The van der Waals surface area contributed by atoms with Gasteiger partial charge in [-0.15, -0.1) is 11.3 Å². The fourth-order valence-corrected chi connectivity index (χ4v) is 5.12. The number of nitrogens with zero attached hydrogens (tertiary/aromatic N) is 2. The molecule has 3 rings (SSSR count). The first-order valence-corrected chi connectivity index (χ1v) is 15.0. The summed E-state index contributed by atoms with van der Waals surface area (Å²) < 4.78 is 40.0. The quantitative estimate of drug-likeness (QED) is 0.152. The fourth-order valence-electron chi connectivity index (χ4n) is 4.19. The number of rotatable bonds is 17. The van der Waals surface area contributed by atoms with Crippen LogP contribution in [-0.4, -0.2) is 35.7 Å². The van der Waals surface area contributed by atoms with Crippen molar-refractivity contribution in [2.45, 2.75) is 52.4 Å². The SMILES string of the molecule is CC\C=C/C(=C\C=C\CCN(CC)c1nc(-c2ccc(C(F)F)cc2)cs1)CCNc1ccc(CCC(=O)O)c(F)c1. The molecule has 224 valence electrons. The molecular formula is C33H38F3N3O2S. The van der Waals surface area contributed by atoms with E-state index in [1.165, 1.54) is 18.2 Å². The molecule has 0 amide bonds. The summed E-state index contributed by atoms with van der Waals surface area (Å²) in [5.74, 6) is -1.34. The van der Waals surface area contributed by atoms with Crippen molar-refractivity contribution in [3.63, 3.8) is 0 Å². The average molecular weight is 598 g/mol. The fraction of sp³-hybridized carbons (Fsp3) is 0.333. The molecule has 0 spiro atoms. The number of allylic oxidation sites excluding steroid dienone is 4. The molecule has 0 radical (unpaired) electrons. The van der Waals surface area contributed by atoms with E-state index in [1.54, 1.807) is 35.6 Å². The Morgan fingerprint density at radius 1 is 1.12 bits per heavy atom. The van der Waals surface area contributed by atoms with E-state index in [2.05, 4.69) is 54.4 Å². The van der Waals surface area contributed by atoms with Crippen LogP contribution in [-0.2, 0) is 11.2 Å².